The molecular formula is C17H13Cl2N3O2. The number of amides is 1. The minimum absolute atomic E-state index is 0.407. The van der Waals surface area contributed by atoms with E-state index in [1.807, 2.05) is 6.07 Å². The zero-order valence-electron chi connectivity index (χ0n) is 12.7. The highest BCUT2D eigenvalue weighted by Gasteiger charge is 2.13. The second-order valence-electron chi connectivity index (χ2n) is 4.80. The molecule has 1 N–H and O–H groups in total. The van der Waals surface area contributed by atoms with Gasteiger partial charge in [-0.1, -0.05) is 29.3 Å². The number of nitrogens with one attached hydrogen (secondary N) is 1. The molecule has 0 radical (unpaired) electrons. The highest BCUT2D eigenvalue weighted by Crippen LogP contribution is 2.21. The highest BCUT2D eigenvalue weighted by atomic mass is 35.5. The molecular weight excluding hydrogens is 349 g/mol. The quantitative estimate of drug-likeness (QED) is 0.650. The van der Waals surface area contributed by atoms with Gasteiger partial charge in [-0.2, -0.15) is 10.4 Å². The molecule has 1 amide bonds. The summed E-state index contributed by atoms with van der Waals surface area (Å²) in [5, 5.41) is 13.4. The number of halogens is 2. The molecule has 7 heteroatoms. The molecule has 24 heavy (non-hydrogen) atoms. The number of hydrogen-bond acceptors (Lipinski definition) is 4. The summed E-state index contributed by atoms with van der Waals surface area (Å²) in [6.45, 7) is 1.60. The van der Waals surface area contributed by atoms with Crippen LogP contribution in [0.5, 0.6) is 5.75 Å². The molecule has 122 valence electrons. The van der Waals surface area contributed by atoms with Gasteiger partial charge in [-0.3, -0.25) is 4.79 Å². The fourth-order valence-corrected chi connectivity index (χ4v) is 2.03. The van der Waals surface area contributed by atoms with Gasteiger partial charge in [-0.25, -0.2) is 5.43 Å². The zero-order valence-corrected chi connectivity index (χ0v) is 14.2. The Bertz CT molecular complexity index is 798. The van der Waals surface area contributed by atoms with Crippen LogP contribution >= 0.6 is 23.2 Å². The van der Waals surface area contributed by atoms with Crippen LogP contribution in [0, 0.1) is 11.3 Å². The van der Waals surface area contributed by atoms with Crippen LogP contribution in [0.4, 0.5) is 0 Å². The van der Waals surface area contributed by atoms with Gasteiger partial charge in [0.2, 0.25) is 0 Å². The molecule has 0 spiro atoms. The fraction of sp³-hybridized carbons (Fsp3) is 0.118. The van der Waals surface area contributed by atoms with E-state index < -0.39 is 12.0 Å². The second-order valence-corrected chi connectivity index (χ2v) is 5.62. The van der Waals surface area contributed by atoms with Crippen LogP contribution in [0.2, 0.25) is 10.0 Å². The molecule has 0 saturated heterocycles. The average Bonchev–Trinajstić information content (AvgIpc) is 2.58. The molecule has 0 aromatic heterocycles. The molecule has 0 unspecified atom stereocenters. The van der Waals surface area contributed by atoms with Crippen molar-refractivity contribution in [1.82, 2.24) is 5.43 Å². The number of carbonyl (C=O) groups is 1. The monoisotopic (exact) mass is 361 g/mol. The van der Waals surface area contributed by atoms with Gasteiger partial charge in [0.1, 0.15) is 5.75 Å². The third-order valence-electron chi connectivity index (χ3n) is 3.00. The number of carbonyl (C=O) groups excluding carboxylic acids is 1. The Morgan fingerprint density at radius 2 is 1.96 bits per heavy atom. The summed E-state index contributed by atoms with van der Waals surface area (Å²) in [5.74, 6) is 0.0841. The van der Waals surface area contributed by atoms with E-state index in [0.29, 0.717) is 26.9 Å². The largest absolute Gasteiger partial charge is 0.481 e. The Hall–Kier alpha value is -2.55. The van der Waals surface area contributed by atoms with Crippen molar-refractivity contribution >= 4 is 35.3 Å². The predicted molar refractivity (Wildman–Crippen MR) is 93.4 cm³/mol. The minimum Gasteiger partial charge on any atom is -0.481 e. The lowest BCUT2D eigenvalue weighted by Crippen LogP contribution is -2.33. The summed E-state index contributed by atoms with van der Waals surface area (Å²) in [4.78, 5) is 11.9. The van der Waals surface area contributed by atoms with E-state index >= 15 is 0 Å². The maximum atomic E-state index is 11.9. The maximum absolute atomic E-state index is 11.9. The Kier molecular flexibility index (Phi) is 6.19. The van der Waals surface area contributed by atoms with Crippen molar-refractivity contribution < 1.29 is 9.53 Å². The van der Waals surface area contributed by atoms with Crippen LogP contribution in [-0.4, -0.2) is 18.2 Å². The van der Waals surface area contributed by atoms with Gasteiger partial charge in [0.15, 0.2) is 6.10 Å². The molecule has 2 aromatic rings. The van der Waals surface area contributed by atoms with Crippen molar-refractivity contribution in [3.63, 3.8) is 0 Å². The number of hydrogen-bond donors (Lipinski definition) is 1. The first kappa shape index (κ1) is 17.8. The van der Waals surface area contributed by atoms with Gasteiger partial charge in [0, 0.05) is 0 Å². The fourth-order valence-electron chi connectivity index (χ4n) is 1.72. The predicted octanol–water partition coefficient (Wildman–Crippen LogP) is 3.78. The highest BCUT2D eigenvalue weighted by molar-refractivity contribution is 6.42. The Balaban J connectivity index is 1.89. The van der Waals surface area contributed by atoms with E-state index in [1.54, 1.807) is 49.4 Å². The lowest BCUT2D eigenvalue weighted by molar-refractivity contribution is -0.127. The van der Waals surface area contributed by atoms with Crippen molar-refractivity contribution in [2.75, 3.05) is 0 Å². The molecule has 0 aliphatic rings. The molecule has 2 aromatic carbocycles. The van der Waals surface area contributed by atoms with E-state index in [-0.39, 0.29) is 0 Å². The standard InChI is InChI=1S/C17H13Cl2N3O2/c1-11(24-14-5-2-12(9-20)3-6-14)17(23)22-21-10-13-4-7-15(18)16(19)8-13/h2-8,10-11H,1H3,(H,22,23)/t11-/m1/s1. The summed E-state index contributed by atoms with van der Waals surface area (Å²) < 4.78 is 5.48. The first-order chi connectivity index (χ1) is 11.5. The van der Waals surface area contributed by atoms with Gasteiger partial charge >= 0.3 is 0 Å². The van der Waals surface area contributed by atoms with Crippen LogP contribution in [0.1, 0.15) is 18.1 Å². The number of rotatable bonds is 5. The molecule has 0 fully saturated rings. The van der Waals surface area contributed by atoms with Gasteiger partial charge in [-0.05, 0) is 48.9 Å². The lowest BCUT2D eigenvalue weighted by Gasteiger charge is -2.12. The summed E-state index contributed by atoms with van der Waals surface area (Å²) in [5.41, 5.74) is 3.60. The van der Waals surface area contributed by atoms with Crippen LogP contribution < -0.4 is 10.2 Å². The molecule has 0 aliphatic carbocycles. The smallest absolute Gasteiger partial charge is 0.280 e. The summed E-state index contributed by atoms with van der Waals surface area (Å²) in [7, 11) is 0. The van der Waals surface area contributed by atoms with E-state index in [9.17, 15) is 4.79 Å². The van der Waals surface area contributed by atoms with Crippen molar-refractivity contribution in [2.45, 2.75) is 13.0 Å². The second kappa shape index (κ2) is 8.34. The molecule has 0 saturated carbocycles. The average molecular weight is 362 g/mol. The topological polar surface area (TPSA) is 74.5 Å². The number of hydrazone groups is 1. The van der Waals surface area contributed by atoms with Gasteiger partial charge < -0.3 is 4.74 Å². The first-order valence-electron chi connectivity index (χ1n) is 6.94. The van der Waals surface area contributed by atoms with E-state index in [2.05, 4.69) is 10.5 Å². The van der Waals surface area contributed by atoms with Crippen LogP contribution in [0.25, 0.3) is 0 Å². The van der Waals surface area contributed by atoms with Crippen LogP contribution in [0.15, 0.2) is 47.6 Å². The first-order valence-corrected chi connectivity index (χ1v) is 7.70. The number of ether oxygens (including phenoxy) is 1. The van der Waals surface area contributed by atoms with E-state index in [1.165, 1.54) is 6.21 Å². The van der Waals surface area contributed by atoms with Crippen molar-refractivity contribution in [3.05, 3.63) is 63.6 Å². The molecule has 0 heterocycles. The number of benzene rings is 2. The molecule has 1 atom stereocenters. The third-order valence-corrected chi connectivity index (χ3v) is 3.74. The summed E-state index contributed by atoms with van der Waals surface area (Å²) in [6, 6.07) is 13.5. The normalized spacial score (nSPS) is 11.8. The Morgan fingerprint density at radius 3 is 2.58 bits per heavy atom. The van der Waals surface area contributed by atoms with Gasteiger partial charge in [0.05, 0.1) is 27.9 Å². The van der Waals surface area contributed by atoms with E-state index in [0.717, 1.165) is 0 Å². The minimum atomic E-state index is -0.746. The van der Waals surface area contributed by atoms with Crippen molar-refractivity contribution in [2.24, 2.45) is 5.10 Å². The van der Waals surface area contributed by atoms with Crippen LogP contribution in [-0.2, 0) is 4.79 Å². The Morgan fingerprint density at radius 1 is 1.25 bits per heavy atom. The van der Waals surface area contributed by atoms with Gasteiger partial charge in [0.25, 0.3) is 5.91 Å². The molecule has 0 aliphatic heterocycles. The maximum Gasteiger partial charge on any atom is 0.280 e. The number of nitriles is 1. The van der Waals surface area contributed by atoms with Crippen LogP contribution in [0.3, 0.4) is 0 Å². The summed E-state index contributed by atoms with van der Waals surface area (Å²) >= 11 is 11.7. The Labute approximate surface area is 149 Å². The van der Waals surface area contributed by atoms with E-state index in [4.69, 9.17) is 33.2 Å². The zero-order chi connectivity index (χ0) is 17.5. The third kappa shape index (κ3) is 4.98. The SMILES string of the molecule is C[C@@H](Oc1ccc(C#N)cc1)C(=O)NN=Cc1ccc(Cl)c(Cl)c1. The van der Waals surface area contributed by atoms with Crippen molar-refractivity contribution in [1.29, 1.82) is 5.26 Å². The number of nitrogens with zero attached hydrogens (tertiary/aromatic N) is 2. The summed E-state index contributed by atoms with van der Waals surface area (Å²) in [6.07, 6.45) is 0.707. The molecule has 0 bridgehead atoms. The van der Waals surface area contributed by atoms with Crippen molar-refractivity contribution in [3.8, 4) is 11.8 Å². The molecule has 2 rings (SSSR count). The lowest BCUT2D eigenvalue weighted by atomic mass is 10.2. The van der Waals surface area contributed by atoms with Gasteiger partial charge in [-0.15, -0.1) is 0 Å². The molecule has 5 nitrogen and oxygen atoms in total.